The number of para-hydroxylation sites is 1. The van der Waals surface area contributed by atoms with Gasteiger partial charge in [0.2, 0.25) is 5.91 Å². The van der Waals surface area contributed by atoms with Crippen molar-refractivity contribution in [3.05, 3.63) is 29.3 Å². The first kappa shape index (κ1) is 18.1. The molecule has 4 nitrogen and oxygen atoms in total. The second kappa shape index (κ2) is 9.14. The van der Waals surface area contributed by atoms with Crippen molar-refractivity contribution in [3.63, 3.8) is 0 Å². The summed E-state index contributed by atoms with van der Waals surface area (Å²) < 4.78 is 5.76. The Kier molecular flexibility index (Phi) is 7.18. The maximum Gasteiger partial charge on any atom is 0.220 e. The van der Waals surface area contributed by atoms with Gasteiger partial charge in [0.1, 0.15) is 11.9 Å². The predicted molar refractivity (Wildman–Crippen MR) is 93.9 cm³/mol. The number of ether oxygens (including phenoxy) is 1. The highest BCUT2D eigenvalue weighted by atomic mass is 35.5. The molecule has 2 atom stereocenters. The van der Waals surface area contributed by atoms with E-state index in [1.165, 1.54) is 12.8 Å². The molecule has 1 heterocycles. The van der Waals surface area contributed by atoms with Crippen molar-refractivity contribution >= 4 is 17.5 Å². The topological polar surface area (TPSA) is 50.4 Å². The standard InChI is InChI=1S/C18H27ClN2O2/c1-13(15-7-9-20-10-8-15)11-18(22)21-12-14(2)23-17-6-4-3-5-16(17)19/h3-6,13-15,20H,7-12H2,1-2H3,(H,21,22). The molecule has 0 saturated carbocycles. The van der Waals surface area contributed by atoms with Crippen LogP contribution in [0.15, 0.2) is 24.3 Å². The van der Waals surface area contributed by atoms with Gasteiger partial charge < -0.3 is 15.4 Å². The van der Waals surface area contributed by atoms with Crippen molar-refractivity contribution < 1.29 is 9.53 Å². The fourth-order valence-corrected chi connectivity index (χ4v) is 3.18. The minimum Gasteiger partial charge on any atom is -0.487 e. The Morgan fingerprint density at radius 2 is 2.04 bits per heavy atom. The lowest BCUT2D eigenvalue weighted by atomic mass is 9.84. The maximum absolute atomic E-state index is 12.1. The zero-order chi connectivity index (χ0) is 16.7. The molecule has 1 aromatic rings. The number of piperidine rings is 1. The second-order valence-electron chi connectivity index (χ2n) is 6.43. The molecule has 1 fully saturated rings. The third kappa shape index (κ3) is 6.04. The van der Waals surface area contributed by atoms with Crippen LogP contribution in [-0.4, -0.2) is 31.6 Å². The van der Waals surface area contributed by atoms with Crippen molar-refractivity contribution in [3.8, 4) is 5.75 Å². The number of rotatable bonds is 7. The van der Waals surface area contributed by atoms with Gasteiger partial charge in [0.15, 0.2) is 0 Å². The third-order valence-electron chi connectivity index (χ3n) is 4.45. The van der Waals surface area contributed by atoms with Crippen LogP contribution in [0.5, 0.6) is 5.75 Å². The molecule has 1 saturated heterocycles. The molecule has 1 aliphatic heterocycles. The predicted octanol–water partition coefficient (Wildman–Crippen LogP) is 3.25. The van der Waals surface area contributed by atoms with Crippen LogP contribution >= 0.6 is 11.6 Å². The van der Waals surface area contributed by atoms with Gasteiger partial charge in [0, 0.05) is 6.42 Å². The largest absolute Gasteiger partial charge is 0.487 e. The maximum atomic E-state index is 12.1. The first-order valence-corrected chi connectivity index (χ1v) is 8.82. The Morgan fingerprint density at radius 3 is 2.74 bits per heavy atom. The van der Waals surface area contributed by atoms with E-state index in [0.717, 1.165) is 13.1 Å². The van der Waals surface area contributed by atoms with E-state index >= 15 is 0 Å². The smallest absolute Gasteiger partial charge is 0.220 e. The molecule has 128 valence electrons. The van der Waals surface area contributed by atoms with Crippen molar-refractivity contribution in [1.29, 1.82) is 0 Å². The summed E-state index contributed by atoms with van der Waals surface area (Å²) in [5, 5.41) is 6.92. The highest BCUT2D eigenvalue weighted by molar-refractivity contribution is 6.32. The number of hydrogen-bond acceptors (Lipinski definition) is 3. The lowest BCUT2D eigenvalue weighted by molar-refractivity contribution is -0.122. The van der Waals surface area contributed by atoms with Crippen LogP contribution < -0.4 is 15.4 Å². The molecule has 5 heteroatoms. The van der Waals surface area contributed by atoms with E-state index in [1.54, 1.807) is 6.07 Å². The molecule has 1 aromatic carbocycles. The van der Waals surface area contributed by atoms with Gasteiger partial charge in [-0.1, -0.05) is 30.7 Å². The van der Waals surface area contributed by atoms with E-state index in [2.05, 4.69) is 17.6 Å². The average molecular weight is 339 g/mol. The van der Waals surface area contributed by atoms with Crippen molar-refractivity contribution in [1.82, 2.24) is 10.6 Å². The Morgan fingerprint density at radius 1 is 1.35 bits per heavy atom. The summed E-state index contributed by atoms with van der Waals surface area (Å²) in [4.78, 5) is 12.1. The Bertz CT molecular complexity index is 504. The number of hydrogen-bond donors (Lipinski definition) is 2. The Labute approximate surface area is 143 Å². The number of halogens is 1. The van der Waals surface area contributed by atoms with Crippen LogP contribution in [0.3, 0.4) is 0 Å². The van der Waals surface area contributed by atoms with Gasteiger partial charge in [-0.15, -0.1) is 0 Å². The molecule has 0 aliphatic carbocycles. The fourth-order valence-electron chi connectivity index (χ4n) is 3.00. The Balaban J connectivity index is 1.70. The van der Waals surface area contributed by atoms with Gasteiger partial charge in [-0.2, -0.15) is 0 Å². The average Bonchev–Trinajstić information content (AvgIpc) is 2.56. The zero-order valence-corrected chi connectivity index (χ0v) is 14.7. The molecular formula is C18H27ClN2O2. The van der Waals surface area contributed by atoms with Crippen molar-refractivity contribution in [2.24, 2.45) is 11.8 Å². The van der Waals surface area contributed by atoms with Gasteiger partial charge in [-0.05, 0) is 56.8 Å². The Hall–Kier alpha value is -1.26. The molecule has 1 amide bonds. The number of nitrogens with one attached hydrogen (secondary N) is 2. The van der Waals surface area contributed by atoms with Crippen LogP contribution in [0.2, 0.25) is 5.02 Å². The van der Waals surface area contributed by atoms with Gasteiger partial charge in [0.05, 0.1) is 11.6 Å². The highest BCUT2D eigenvalue weighted by Crippen LogP contribution is 2.25. The monoisotopic (exact) mass is 338 g/mol. The van der Waals surface area contributed by atoms with Crippen LogP contribution in [0.4, 0.5) is 0 Å². The SMILES string of the molecule is CC(CNC(=O)CC(C)C1CCNCC1)Oc1ccccc1Cl. The van der Waals surface area contributed by atoms with Crippen molar-refractivity contribution in [2.75, 3.05) is 19.6 Å². The minimum atomic E-state index is -0.118. The molecular weight excluding hydrogens is 312 g/mol. The van der Waals surface area contributed by atoms with Gasteiger partial charge >= 0.3 is 0 Å². The van der Waals surface area contributed by atoms with Crippen LogP contribution in [0, 0.1) is 11.8 Å². The van der Waals surface area contributed by atoms with E-state index in [1.807, 2.05) is 25.1 Å². The first-order chi connectivity index (χ1) is 11.1. The molecule has 0 spiro atoms. The molecule has 0 aromatic heterocycles. The molecule has 2 N–H and O–H groups in total. The number of carbonyl (C=O) groups is 1. The first-order valence-electron chi connectivity index (χ1n) is 8.45. The second-order valence-corrected chi connectivity index (χ2v) is 6.84. The van der Waals surface area contributed by atoms with E-state index < -0.39 is 0 Å². The molecule has 23 heavy (non-hydrogen) atoms. The number of amides is 1. The van der Waals surface area contributed by atoms with E-state index in [-0.39, 0.29) is 12.0 Å². The summed E-state index contributed by atoms with van der Waals surface area (Å²) in [7, 11) is 0. The summed E-state index contributed by atoms with van der Waals surface area (Å²) in [5.41, 5.74) is 0. The van der Waals surface area contributed by atoms with Crippen LogP contribution in [0.1, 0.15) is 33.1 Å². The molecule has 0 radical (unpaired) electrons. The van der Waals surface area contributed by atoms with Crippen LogP contribution in [-0.2, 0) is 4.79 Å². The lowest BCUT2D eigenvalue weighted by Gasteiger charge is -2.28. The number of benzene rings is 1. The summed E-state index contributed by atoms with van der Waals surface area (Å²) in [5.74, 6) is 1.83. The summed E-state index contributed by atoms with van der Waals surface area (Å²) >= 11 is 6.07. The van der Waals surface area contributed by atoms with Crippen LogP contribution in [0.25, 0.3) is 0 Å². The summed E-state index contributed by atoms with van der Waals surface area (Å²) in [6.07, 6.45) is 2.80. The van der Waals surface area contributed by atoms with Gasteiger partial charge in [-0.3, -0.25) is 4.79 Å². The normalized spacial score (nSPS) is 18.2. The van der Waals surface area contributed by atoms with Gasteiger partial charge in [-0.25, -0.2) is 0 Å². The summed E-state index contributed by atoms with van der Waals surface area (Å²) in [6.45, 7) is 6.74. The zero-order valence-electron chi connectivity index (χ0n) is 14.0. The van der Waals surface area contributed by atoms with Crippen molar-refractivity contribution in [2.45, 2.75) is 39.2 Å². The third-order valence-corrected chi connectivity index (χ3v) is 4.76. The molecule has 2 rings (SSSR count). The van der Waals surface area contributed by atoms with E-state index in [4.69, 9.17) is 16.3 Å². The van der Waals surface area contributed by atoms with E-state index in [0.29, 0.717) is 35.6 Å². The molecule has 0 bridgehead atoms. The van der Waals surface area contributed by atoms with E-state index in [9.17, 15) is 4.79 Å². The minimum absolute atomic E-state index is 0.102. The number of carbonyl (C=O) groups excluding carboxylic acids is 1. The molecule has 1 aliphatic rings. The fraction of sp³-hybridized carbons (Fsp3) is 0.611. The summed E-state index contributed by atoms with van der Waals surface area (Å²) in [6, 6.07) is 7.37. The van der Waals surface area contributed by atoms with Gasteiger partial charge in [0.25, 0.3) is 0 Å². The quantitative estimate of drug-likeness (QED) is 0.802. The highest BCUT2D eigenvalue weighted by Gasteiger charge is 2.22. The lowest BCUT2D eigenvalue weighted by Crippen LogP contribution is -2.36. The molecule has 2 unspecified atom stereocenters.